The second-order valence-corrected chi connectivity index (χ2v) is 7.55. The van der Waals surface area contributed by atoms with Crippen LogP contribution in [0, 0.1) is 11.8 Å². The highest BCUT2D eigenvalue weighted by molar-refractivity contribution is 5.94. The third-order valence-corrected chi connectivity index (χ3v) is 5.84. The predicted molar refractivity (Wildman–Crippen MR) is 88.8 cm³/mol. The van der Waals surface area contributed by atoms with Crippen LogP contribution < -0.4 is 0 Å². The highest BCUT2D eigenvalue weighted by Gasteiger charge is 2.40. The zero-order valence-electron chi connectivity index (χ0n) is 14.8. The maximum absolute atomic E-state index is 12.9. The van der Waals surface area contributed by atoms with Crippen LogP contribution in [-0.4, -0.2) is 53.0 Å². The van der Waals surface area contributed by atoms with E-state index < -0.39 is 0 Å². The zero-order valence-corrected chi connectivity index (χ0v) is 14.8. The standard InChI is InChI=1S/C18H27N3O3/c1-11-8-15-16(19-20(3)17(15)12(2)24-11)18(22)21-9-14(10-21)13-4-6-23-7-5-13/h11-14H,4-10H2,1-3H3/t11-,12+/m1/s1. The largest absolute Gasteiger partial charge is 0.381 e. The molecule has 0 aliphatic carbocycles. The molecular formula is C18H27N3O3. The van der Waals surface area contributed by atoms with E-state index in [1.165, 1.54) is 0 Å². The second-order valence-electron chi connectivity index (χ2n) is 7.55. The lowest BCUT2D eigenvalue weighted by Gasteiger charge is -2.44. The minimum atomic E-state index is -0.00539. The molecule has 0 radical (unpaired) electrons. The molecule has 0 unspecified atom stereocenters. The maximum atomic E-state index is 12.9. The SMILES string of the molecule is C[C@@H]1Cc2c(C(=O)N3CC(C4CCOCC4)C3)nn(C)c2[C@H](C)O1. The van der Waals surface area contributed by atoms with Crippen molar-refractivity contribution in [3.8, 4) is 0 Å². The lowest BCUT2D eigenvalue weighted by atomic mass is 9.80. The number of nitrogens with zero attached hydrogens (tertiary/aromatic N) is 3. The summed E-state index contributed by atoms with van der Waals surface area (Å²) < 4.78 is 13.2. The number of aryl methyl sites for hydroxylation is 1. The lowest BCUT2D eigenvalue weighted by molar-refractivity contribution is -0.00958. The van der Waals surface area contributed by atoms with E-state index in [2.05, 4.69) is 12.0 Å². The van der Waals surface area contributed by atoms with Crippen LogP contribution in [0.25, 0.3) is 0 Å². The average Bonchev–Trinajstić information content (AvgIpc) is 2.83. The first-order valence-electron chi connectivity index (χ1n) is 9.12. The molecule has 0 saturated carbocycles. The number of aromatic nitrogens is 2. The molecule has 1 aromatic rings. The molecule has 1 amide bonds. The van der Waals surface area contributed by atoms with Crippen molar-refractivity contribution in [1.29, 1.82) is 0 Å². The van der Waals surface area contributed by atoms with Gasteiger partial charge in [-0.05, 0) is 38.5 Å². The molecular weight excluding hydrogens is 306 g/mol. The van der Waals surface area contributed by atoms with Gasteiger partial charge in [0.15, 0.2) is 5.69 Å². The Bertz CT molecular complexity index is 630. The van der Waals surface area contributed by atoms with Crippen molar-refractivity contribution >= 4 is 5.91 Å². The van der Waals surface area contributed by atoms with Crippen LogP contribution in [0.15, 0.2) is 0 Å². The summed E-state index contributed by atoms with van der Waals surface area (Å²) in [5, 5.41) is 4.54. The van der Waals surface area contributed by atoms with E-state index >= 15 is 0 Å². The van der Waals surface area contributed by atoms with E-state index in [-0.39, 0.29) is 18.1 Å². The first-order valence-corrected chi connectivity index (χ1v) is 9.12. The average molecular weight is 333 g/mol. The van der Waals surface area contributed by atoms with Crippen molar-refractivity contribution in [2.45, 2.75) is 45.3 Å². The van der Waals surface area contributed by atoms with E-state index in [0.29, 0.717) is 17.5 Å². The molecule has 2 atom stereocenters. The fraction of sp³-hybridized carbons (Fsp3) is 0.778. The summed E-state index contributed by atoms with van der Waals surface area (Å²) in [5.41, 5.74) is 2.78. The molecule has 4 rings (SSSR count). The van der Waals surface area contributed by atoms with Crippen LogP contribution in [-0.2, 0) is 22.9 Å². The molecule has 24 heavy (non-hydrogen) atoms. The van der Waals surface area contributed by atoms with Gasteiger partial charge in [0, 0.05) is 45.3 Å². The molecule has 2 saturated heterocycles. The van der Waals surface area contributed by atoms with Crippen LogP contribution >= 0.6 is 0 Å². The highest BCUT2D eigenvalue weighted by atomic mass is 16.5. The summed E-state index contributed by atoms with van der Waals surface area (Å²) in [4.78, 5) is 14.9. The predicted octanol–water partition coefficient (Wildman–Crippen LogP) is 1.94. The maximum Gasteiger partial charge on any atom is 0.274 e. The van der Waals surface area contributed by atoms with Gasteiger partial charge in [-0.3, -0.25) is 9.48 Å². The van der Waals surface area contributed by atoms with Gasteiger partial charge in [-0.25, -0.2) is 0 Å². The molecule has 0 aromatic carbocycles. The quantitative estimate of drug-likeness (QED) is 0.830. The van der Waals surface area contributed by atoms with Crippen molar-refractivity contribution in [2.24, 2.45) is 18.9 Å². The van der Waals surface area contributed by atoms with Crippen molar-refractivity contribution < 1.29 is 14.3 Å². The third kappa shape index (κ3) is 2.65. The van der Waals surface area contributed by atoms with Gasteiger partial charge in [0.2, 0.25) is 0 Å². The molecule has 4 heterocycles. The topological polar surface area (TPSA) is 56.6 Å². The van der Waals surface area contributed by atoms with Gasteiger partial charge in [0.05, 0.1) is 17.9 Å². The first-order chi connectivity index (χ1) is 11.5. The zero-order chi connectivity index (χ0) is 16.8. The van der Waals surface area contributed by atoms with Crippen LogP contribution in [0.4, 0.5) is 0 Å². The number of carbonyl (C=O) groups is 1. The van der Waals surface area contributed by atoms with E-state index in [1.807, 2.05) is 23.6 Å². The Morgan fingerprint density at radius 1 is 1.17 bits per heavy atom. The van der Waals surface area contributed by atoms with Gasteiger partial charge in [-0.2, -0.15) is 5.10 Å². The van der Waals surface area contributed by atoms with Gasteiger partial charge >= 0.3 is 0 Å². The van der Waals surface area contributed by atoms with E-state index in [1.54, 1.807) is 0 Å². The number of fused-ring (bicyclic) bond motifs is 1. The van der Waals surface area contributed by atoms with E-state index in [0.717, 1.165) is 56.8 Å². The summed E-state index contributed by atoms with van der Waals surface area (Å²) in [6, 6.07) is 0. The summed E-state index contributed by atoms with van der Waals surface area (Å²) in [7, 11) is 1.91. The van der Waals surface area contributed by atoms with Crippen molar-refractivity contribution in [1.82, 2.24) is 14.7 Å². The fourth-order valence-electron chi connectivity index (χ4n) is 4.52. The molecule has 0 bridgehead atoms. The van der Waals surface area contributed by atoms with E-state index in [4.69, 9.17) is 9.47 Å². The molecule has 6 heteroatoms. The minimum Gasteiger partial charge on any atom is -0.381 e. The van der Waals surface area contributed by atoms with Crippen molar-refractivity contribution in [2.75, 3.05) is 26.3 Å². The van der Waals surface area contributed by atoms with Crippen LogP contribution in [0.3, 0.4) is 0 Å². The molecule has 132 valence electrons. The fourth-order valence-corrected chi connectivity index (χ4v) is 4.52. The van der Waals surface area contributed by atoms with Gasteiger partial charge in [0.25, 0.3) is 5.91 Å². The van der Waals surface area contributed by atoms with Crippen LogP contribution in [0.1, 0.15) is 54.5 Å². The van der Waals surface area contributed by atoms with Crippen molar-refractivity contribution in [3.05, 3.63) is 17.0 Å². The second kappa shape index (κ2) is 6.15. The molecule has 6 nitrogen and oxygen atoms in total. The Balaban J connectivity index is 1.47. The number of likely N-dealkylation sites (tertiary alicyclic amines) is 1. The lowest BCUT2D eigenvalue weighted by Crippen LogP contribution is -2.53. The van der Waals surface area contributed by atoms with Crippen LogP contribution in [0.2, 0.25) is 0 Å². The monoisotopic (exact) mass is 333 g/mol. The number of amides is 1. The molecule has 0 N–H and O–H groups in total. The normalized spacial score (nSPS) is 28.5. The Kier molecular flexibility index (Phi) is 4.12. The smallest absolute Gasteiger partial charge is 0.274 e. The number of hydrogen-bond acceptors (Lipinski definition) is 4. The molecule has 1 aromatic heterocycles. The van der Waals surface area contributed by atoms with Gasteiger partial charge in [0.1, 0.15) is 0 Å². The molecule has 3 aliphatic heterocycles. The highest BCUT2D eigenvalue weighted by Crippen LogP contribution is 2.35. The van der Waals surface area contributed by atoms with Crippen molar-refractivity contribution in [3.63, 3.8) is 0 Å². The molecule has 3 aliphatic rings. The van der Waals surface area contributed by atoms with E-state index in [9.17, 15) is 4.79 Å². The minimum absolute atomic E-state index is 0.00539. The molecule has 0 spiro atoms. The summed E-state index contributed by atoms with van der Waals surface area (Å²) in [6.07, 6.45) is 3.17. The number of ether oxygens (including phenoxy) is 2. The Labute approximate surface area is 143 Å². The Morgan fingerprint density at radius 2 is 1.88 bits per heavy atom. The summed E-state index contributed by atoms with van der Waals surface area (Å²) in [5.74, 6) is 1.45. The Hall–Kier alpha value is -1.40. The first kappa shape index (κ1) is 16.1. The van der Waals surface area contributed by atoms with Gasteiger partial charge < -0.3 is 14.4 Å². The summed E-state index contributed by atoms with van der Waals surface area (Å²) >= 11 is 0. The Morgan fingerprint density at radius 3 is 2.58 bits per heavy atom. The number of rotatable bonds is 2. The number of hydrogen-bond donors (Lipinski definition) is 0. The third-order valence-electron chi connectivity index (χ3n) is 5.84. The van der Waals surface area contributed by atoms with Gasteiger partial charge in [-0.15, -0.1) is 0 Å². The summed E-state index contributed by atoms with van der Waals surface area (Å²) in [6.45, 7) is 7.59. The molecule has 2 fully saturated rings. The number of carbonyl (C=O) groups excluding carboxylic acids is 1. The van der Waals surface area contributed by atoms with Crippen LogP contribution in [0.5, 0.6) is 0 Å². The van der Waals surface area contributed by atoms with Gasteiger partial charge in [-0.1, -0.05) is 0 Å².